The molecular formula is C8H10N2O. The molecule has 0 saturated carbocycles. The van der Waals surface area contributed by atoms with E-state index in [1.807, 2.05) is 0 Å². The molecule has 0 aliphatic heterocycles. The average Bonchev–Trinajstić information content (AvgIpc) is 2.04. The number of aromatic hydroxyl groups is 1. The number of nitrogens with zero attached hydrogens (tertiary/aromatic N) is 1. The second-order valence-electron chi connectivity index (χ2n) is 2.08. The molecule has 1 aromatic rings. The van der Waals surface area contributed by atoms with E-state index in [4.69, 9.17) is 10.8 Å². The molecule has 58 valence electrons. The monoisotopic (exact) mass is 150 g/mol. The lowest BCUT2D eigenvalue weighted by atomic mass is 10.3. The van der Waals surface area contributed by atoms with Gasteiger partial charge in [-0.3, -0.25) is 4.98 Å². The summed E-state index contributed by atoms with van der Waals surface area (Å²) in [5, 5.41) is 8.87. The highest BCUT2D eigenvalue weighted by atomic mass is 16.3. The Kier molecular flexibility index (Phi) is 2.63. The fourth-order valence-electron chi connectivity index (χ4n) is 0.685. The van der Waals surface area contributed by atoms with Crippen molar-refractivity contribution in [2.75, 3.05) is 6.54 Å². The molecule has 0 amide bonds. The first-order valence-electron chi connectivity index (χ1n) is 3.34. The number of hydrogen-bond donors (Lipinski definition) is 2. The van der Waals surface area contributed by atoms with E-state index >= 15 is 0 Å². The Morgan fingerprint density at radius 2 is 2.36 bits per heavy atom. The van der Waals surface area contributed by atoms with Crippen molar-refractivity contribution < 1.29 is 5.11 Å². The van der Waals surface area contributed by atoms with Gasteiger partial charge < -0.3 is 10.8 Å². The molecule has 3 N–H and O–H groups in total. The maximum Gasteiger partial charge on any atom is 0.133 e. The van der Waals surface area contributed by atoms with Crippen LogP contribution in [0.15, 0.2) is 24.4 Å². The van der Waals surface area contributed by atoms with Crippen molar-refractivity contribution in [3.05, 3.63) is 30.1 Å². The lowest BCUT2D eigenvalue weighted by Gasteiger charge is -1.91. The highest BCUT2D eigenvalue weighted by Crippen LogP contribution is 2.06. The van der Waals surface area contributed by atoms with Crippen LogP contribution in [-0.4, -0.2) is 16.6 Å². The van der Waals surface area contributed by atoms with Crippen LogP contribution in [0.3, 0.4) is 0 Å². The minimum atomic E-state index is 0.176. The van der Waals surface area contributed by atoms with Crippen LogP contribution in [0.1, 0.15) is 5.69 Å². The first-order chi connectivity index (χ1) is 5.33. The van der Waals surface area contributed by atoms with Gasteiger partial charge in [0, 0.05) is 6.54 Å². The van der Waals surface area contributed by atoms with Gasteiger partial charge in [-0.15, -0.1) is 0 Å². The Bertz CT molecular complexity index is 241. The standard InChI is InChI=1S/C8H10N2O/c9-5-1-2-7-3-4-8(11)6-10-7/h1-4,6,11H,5,9H2. The third-order valence-corrected chi connectivity index (χ3v) is 1.20. The SMILES string of the molecule is NCC=Cc1ccc(O)cn1. The predicted molar refractivity (Wildman–Crippen MR) is 44.0 cm³/mol. The van der Waals surface area contributed by atoms with E-state index in [1.54, 1.807) is 24.3 Å². The molecule has 0 radical (unpaired) electrons. The third-order valence-electron chi connectivity index (χ3n) is 1.20. The Morgan fingerprint density at radius 3 is 2.91 bits per heavy atom. The van der Waals surface area contributed by atoms with Crippen LogP contribution in [-0.2, 0) is 0 Å². The molecule has 0 bridgehead atoms. The molecule has 0 aliphatic carbocycles. The van der Waals surface area contributed by atoms with E-state index in [-0.39, 0.29) is 5.75 Å². The molecule has 0 spiro atoms. The molecule has 3 nitrogen and oxygen atoms in total. The summed E-state index contributed by atoms with van der Waals surface area (Å²) in [6.45, 7) is 0.503. The molecule has 0 saturated heterocycles. The number of hydrogen-bond acceptors (Lipinski definition) is 3. The van der Waals surface area contributed by atoms with Gasteiger partial charge in [0.1, 0.15) is 5.75 Å². The largest absolute Gasteiger partial charge is 0.506 e. The molecule has 0 aliphatic rings. The van der Waals surface area contributed by atoms with E-state index in [0.29, 0.717) is 6.54 Å². The van der Waals surface area contributed by atoms with Crippen molar-refractivity contribution in [3.63, 3.8) is 0 Å². The Hall–Kier alpha value is -1.35. The normalized spacial score (nSPS) is 10.6. The summed E-state index contributed by atoms with van der Waals surface area (Å²) in [6.07, 6.45) is 5.01. The third kappa shape index (κ3) is 2.39. The van der Waals surface area contributed by atoms with Gasteiger partial charge in [0.25, 0.3) is 0 Å². The van der Waals surface area contributed by atoms with Crippen LogP contribution >= 0.6 is 0 Å². The summed E-state index contributed by atoms with van der Waals surface area (Å²) in [6, 6.07) is 3.31. The van der Waals surface area contributed by atoms with Crippen molar-refractivity contribution in [3.8, 4) is 5.75 Å². The highest BCUT2D eigenvalue weighted by molar-refractivity contribution is 5.45. The minimum Gasteiger partial charge on any atom is -0.506 e. The summed E-state index contributed by atoms with van der Waals surface area (Å²) < 4.78 is 0. The number of nitrogens with two attached hydrogens (primary N) is 1. The summed E-state index contributed by atoms with van der Waals surface area (Å²) in [4.78, 5) is 3.92. The van der Waals surface area contributed by atoms with Crippen molar-refractivity contribution in [2.45, 2.75) is 0 Å². The molecule has 1 heterocycles. The second kappa shape index (κ2) is 3.73. The molecule has 0 unspecified atom stereocenters. The second-order valence-corrected chi connectivity index (χ2v) is 2.08. The van der Waals surface area contributed by atoms with E-state index in [2.05, 4.69) is 4.98 Å². The molecule has 11 heavy (non-hydrogen) atoms. The summed E-state index contributed by atoms with van der Waals surface area (Å²) in [7, 11) is 0. The topological polar surface area (TPSA) is 59.1 Å². The zero-order chi connectivity index (χ0) is 8.10. The van der Waals surface area contributed by atoms with Gasteiger partial charge in [0.05, 0.1) is 11.9 Å². The highest BCUT2D eigenvalue weighted by Gasteiger charge is 1.87. The molecule has 3 heteroatoms. The summed E-state index contributed by atoms with van der Waals surface area (Å²) >= 11 is 0. The van der Waals surface area contributed by atoms with Crippen molar-refractivity contribution in [1.82, 2.24) is 4.98 Å². The van der Waals surface area contributed by atoms with Gasteiger partial charge in [-0.2, -0.15) is 0 Å². The number of pyridine rings is 1. The maximum absolute atomic E-state index is 8.87. The van der Waals surface area contributed by atoms with E-state index < -0.39 is 0 Å². The van der Waals surface area contributed by atoms with Crippen LogP contribution in [0, 0.1) is 0 Å². The predicted octanol–water partition coefficient (Wildman–Crippen LogP) is 0.759. The Morgan fingerprint density at radius 1 is 1.55 bits per heavy atom. The number of rotatable bonds is 2. The van der Waals surface area contributed by atoms with Gasteiger partial charge in [0.15, 0.2) is 0 Å². The zero-order valence-electron chi connectivity index (χ0n) is 6.07. The fourth-order valence-corrected chi connectivity index (χ4v) is 0.685. The Balaban J connectivity index is 2.73. The molecule has 1 aromatic heterocycles. The molecule has 0 fully saturated rings. The molecule has 1 rings (SSSR count). The van der Waals surface area contributed by atoms with E-state index in [9.17, 15) is 0 Å². The lowest BCUT2D eigenvalue weighted by molar-refractivity contribution is 0.472. The molecule has 0 atom stereocenters. The van der Waals surface area contributed by atoms with E-state index in [0.717, 1.165) is 5.69 Å². The first kappa shape index (κ1) is 7.75. The van der Waals surface area contributed by atoms with E-state index in [1.165, 1.54) is 6.20 Å². The van der Waals surface area contributed by atoms with Gasteiger partial charge in [-0.1, -0.05) is 6.08 Å². The van der Waals surface area contributed by atoms with Crippen molar-refractivity contribution >= 4 is 6.08 Å². The molecular weight excluding hydrogens is 140 g/mol. The van der Waals surface area contributed by atoms with Gasteiger partial charge in [-0.05, 0) is 18.2 Å². The Labute approximate surface area is 65.2 Å². The van der Waals surface area contributed by atoms with Crippen molar-refractivity contribution in [2.24, 2.45) is 5.73 Å². The summed E-state index contributed by atoms with van der Waals surface area (Å²) in [5.41, 5.74) is 6.04. The minimum absolute atomic E-state index is 0.176. The van der Waals surface area contributed by atoms with Crippen LogP contribution in [0.5, 0.6) is 5.75 Å². The maximum atomic E-state index is 8.87. The fraction of sp³-hybridized carbons (Fsp3) is 0.125. The number of aromatic nitrogens is 1. The lowest BCUT2D eigenvalue weighted by Crippen LogP contribution is -1.92. The van der Waals surface area contributed by atoms with Crippen LogP contribution in [0.25, 0.3) is 6.08 Å². The molecule has 0 aromatic carbocycles. The first-order valence-corrected chi connectivity index (χ1v) is 3.34. The van der Waals surface area contributed by atoms with Crippen molar-refractivity contribution in [1.29, 1.82) is 0 Å². The summed E-state index contributed by atoms with van der Waals surface area (Å²) in [5.74, 6) is 0.176. The van der Waals surface area contributed by atoms with Crippen LogP contribution in [0.2, 0.25) is 0 Å². The zero-order valence-corrected chi connectivity index (χ0v) is 6.07. The van der Waals surface area contributed by atoms with Gasteiger partial charge in [0.2, 0.25) is 0 Å². The van der Waals surface area contributed by atoms with Gasteiger partial charge in [-0.25, -0.2) is 0 Å². The van der Waals surface area contributed by atoms with Crippen LogP contribution in [0.4, 0.5) is 0 Å². The quantitative estimate of drug-likeness (QED) is 0.654. The van der Waals surface area contributed by atoms with Gasteiger partial charge >= 0.3 is 0 Å². The smallest absolute Gasteiger partial charge is 0.133 e. The average molecular weight is 150 g/mol. The van der Waals surface area contributed by atoms with Crippen LogP contribution < -0.4 is 5.73 Å².